The summed E-state index contributed by atoms with van der Waals surface area (Å²) >= 11 is 0. The number of esters is 2. The molecule has 0 spiro atoms. The smallest absolute Gasteiger partial charge is 0.330 e. The zero-order valence-electron chi connectivity index (χ0n) is 34.9. The Bertz CT molecular complexity index is 1830. The maximum absolute atomic E-state index is 11.7. The van der Waals surface area contributed by atoms with Crippen LogP contribution < -0.4 is 14.4 Å². The molecule has 0 N–H and O–H groups in total. The Hall–Kier alpha value is -5.92. The van der Waals surface area contributed by atoms with Gasteiger partial charge in [-0.3, -0.25) is 10.1 Å². The van der Waals surface area contributed by atoms with E-state index in [9.17, 15) is 19.7 Å². The lowest BCUT2D eigenvalue weighted by atomic mass is 10.1. The van der Waals surface area contributed by atoms with Crippen LogP contribution in [0.25, 0.3) is 0 Å². The van der Waals surface area contributed by atoms with E-state index in [1.165, 1.54) is 88.5 Å². The number of carbonyl (C=O) groups excluding carboxylic acids is 2. The molecule has 0 amide bonds. The Morgan fingerprint density at radius 1 is 0.644 bits per heavy atom. The van der Waals surface area contributed by atoms with Gasteiger partial charge >= 0.3 is 11.9 Å². The molecule has 3 aromatic rings. The quantitative estimate of drug-likeness (QED) is 0.0159. The van der Waals surface area contributed by atoms with Crippen molar-refractivity contribution in [1.29, 1.82) is 0 Å². The van der Waals surface area contributed by atoms with Gasteiger partial charge in [0.25, 0.3) is 5.69 Å². The van der Waals surface area contributed by atoms with Gasteiger partial charge in [-0.05, 0) is 55.7 Å². The zero-order chi connectivity index (χ0) is 42.7. The summed E-state index contributed by atoms with van der Waals surface area (Å²) in [5, 5.41) is 28.9. The van der Waals surface area contributed by atoms with Crippen molar-refractivity contribution in [2.24, 2.45) is 20.5 Å². The van der Waals surface area contributed by atoms with E-state index in [1.54, 1.807) is 12.1 Å². The summed E-state index contributed by atoms with van der Waals surface area (Å²) in [5.41, 5.74) is 3.54. The van der Waals surface area contributed by atoms with E-state index >= 15 is 0 Å². The van der Waals surface area contributed by atoms with Gasteiger partial charge in [0.15, 0.2) is 0 Å². The molecule has 0 saturated carbocycles. The van der Waals surface area contributed by atoms with E-state index in [0.29, 0.717) is 11.4 Å². The lowest BCUT2D eigenvalue weighted by Gasteiger charge is -2.26. The summed E-state index contributed by atoms with van der Waals surface area (Å²) in [6.45, 7) is 15.1. The molecule has 318 valence electrons. The molecule has 0 radical (unpaired) electrons. The maximum Gasteiger partial charge on any atom is 0.330 e. The van der Waals surface area contributed by atoms with Crippen molar-refractivity contribution in [2.75, 3.05) is 44.4 Å². The minimum atomic E-state index is -0.601. The molecule has 0 aliphatic carbocycles. The number of nitro benzene ring substituents is 1. The first kappa shape index (κ1) is 47.5. The van der Waals surface area contributed by atoms with E-state index < -0.39 is 16.9 Å². The highest BCUT2D eigenvalue weighted by atomic mass is 16.6. The molecular formula is C45H60N6O8. The number of rotatable bonds is 30. The first-order valence-electron chi connectivity index (χ1n) is 20.6. The molecule has 14 nitrogen and oxygen atoms in total. The van der Waals surface area contributed by atoms with E-state index in [2.05, 4.69) is 64.5 Å². The summed E-state index contributed by atoms with van der Waals surface area (Å²) in [7, 11) is 0. The molecule has 59 heavy (non-hydrogen) atoms. The van der Waals surface area contributed by atoms with Gasteiger partial charge in [-0.15, -0.1) is 10.2 Å². The minimum Gasteiger partial charge on any atom is -0.488 e. The topological polar surface area (TPSA) is 167 Å². The molecule has 14 heteroatoms. The zero-order valence-corrected chi connectivity index (χ0v) is 34.9. The van der Waals surface area contributed by atoms with Crippen molar-refractivity contribution >= 4 is 46.1 Å². The third-order valence-corrected chi connectivity index (χ3v) is 9.25. The number of ether oxygens (including phenoxy) is 4. The van der Waals surface area contributed by atoms with Crippen molar-refractivity contribution in [3.63, 3.8) is 0 Å². The summed E-state index contributed by atoms with van der Waals surface area (Å²) in [6.07, 6.45) is 17.0. The molecule has 0 aliphatic rings. The summed E-state index contributed by atoms with van der Waals surface area (Å²) < 4.78 is 22.2. The van der Waals surface area contributed by atoms with Crippen LogP contribution >= 0.6 is 0 Å². The van der Waals surface area contributed by atoms with Crippen LogP contribution in [0.1, 0.15) is 96.5 Å². The third-order valence-electron chi connectivity index (χ3n) is 9.25. The predicted octanol–water partition coefficient (Wildman–Crippen LogP) is 12.5. The number of hydrogen-bond acceptors (Lipinski definition) is 13. The number of carbonyl (C=O) groups is 2. The number of non-ortho nitro benzene ring substituents is 1. The SMILES string of the molecule is C=CC(=O)OCCOc1cc(/N=N/c2ccc(N(CCCCCCCC)CCCCCCCC)cc2C)c(OCCOC(=O)C=C)cc1/N=N/c1ccc([N+](=O)[O-])cc1. The molecule has 0 saturated heterocycles. The van der Waals surface area contributed by atoms with E-state index in [4.69, 9.17) is 18.9 Å². The Kier molecular flexibility index (Phi) is 22.3. The molecule has 3 rings (SSSR count). The minimum absolute atomic E-state index is 0.0283. The van der Waals surface area contributed by atoms with Crippen molar-refractivity contribution in [3.05, 3.63) is 95.6 Å². The number of anilines is 1. The fourth-order valence-corrected chi connectivity index (χ4v) is 5.98. The van der Waals surface area contributed by atoms with Crippen LogP contribution in [0.4, 0.5) is 34.1 Å². The van der Waals surface area contributed by atoms with Crippen LogP contribution in [0.2, 0.25) is 0 Å². The number of azo groups is 2. The van der Waals surface area contributed by atoms with E-state index in [0.717, 1.165) is 49.3 Å². The largest absolute Gasteiger partial charge is 0.488 e. The lowest BCUT2D eigenvalue weighted by molar-refractivity contribution is -0.384. The number of nitrogens with zero attached hydrogens (tertiary/aromatic N) is 6. The monoisotopic (exact) mass is 812 g/mol. The molecule has 0 bridgehead atoms. The fourth-order valence-electron chi connectivity index (χ4n) is 5.98. The van der Waals surface area contributed by atoms with Crippen molar-refractivity contribution in [1.82, 2.24) is 0 Å². The molecule has 0 atom stereocenters. The van der Waals surface area contributed by atoms with Crippen LogP contribution in [-0.2, 0) is 19.1 Å². The second-order valence-corrected chi connectivity index (χ2v) is 13.9. The van der Waals surface area contributed by atoms with Crippen LogP contribution in [0.5, 0.6) is 11.5 Å². The number of hydrogen-bond donors (Lipinski definition) is 0. The standard InChI is InChI=1S/C45H60N6O8/c1-6-10-12-14-16-18-26-50(27-19-17-15-13-11-7-2)38-24-25-39(35(5)32-38)47-49-41-34-42(56-28-30-58-44(52)8-3)40(33-43(41)57-29-31-59-45(53)9-4)48-46-36-20-22-37(23-21-36)51(54)55/h8-9,20-25,32-34H,3-4,6-7,10-19,26-31H2,1-2,5H3/b48-46+,49-47+. The Labute approximate surface area is 348 Å². The molecule has 0 heterocycles. The summed E-state index contributed by atoms with van der Waals surface area (Å²) in [4.78, 5) is 36.4. The van der Waals surface area contributed by atoms with Crippen molar-refractivity contribution in [2.45, 2.75) is 97.8 Å². The van der Waals surface area contributed by atoms with Gasteiger partial charge in [-0.25, -0.2) is 9.59 Å². The number of aryl methyl sites for hydroxylation is 1. The first-order valence-corrected chi connectivity index (χ1v) is 20.6. The normalized spacial score (nSPS) is 11.1. The summed E-state index contributed by atoms with van der Waals surface area (Å²) in [5.74, 6) is -0.735. The van der Waals surface area contributed by atoms with Crippen molar-refractivity contribution in [3.8, 4) is 11.5 Å². The lowest BCUT2D eigenvalue weighted by Crippen LogP contribution is -2.25. The average Bonchev–Trinajstić information content (AvgIpc) is 3.24. The van der Waals surface area contributed by atoms with Gasteiger partial charge in [0, 0.05) is 55.2 Å². The number of nitro groups is 1. The molecule has 0 aliphatic heterocycles. The molecule has 3 aromatic carbocycles. The highest BCUT2D eigenvalue weighted by molar-refractivity contribution is 5.81. The van der Waals surface area contributed by atoms with Crippen molar-refractivity contribution < 1.29 is 33.5 Å². The first-order chi connectivity index (χ1) is 28.7. The highest BCUT2D eigenvalue weighted by Crippen LogP contribution is 2.42. The van der Waals surface area contributed by atoms with Crippen LogP contribution in [0.15, 0.2) is 100 Å². The maximum atomic E-state index is 11.7. The Balaban J connectivity index is 1.94. The third kappa shape index (κ3) is 18.0. The van der Waals surface area contributed by atoms with E-state index in [-0.39, 0.29) is 55.0 Å². The van der Waals surface area contributed by atoms with E-state index in [1.807, 2.05) is 13.0 Å². The Morgan fingerprint density at radius 2 is 1.12 bits per heavy atom. The Morgan fingerprint density at radius 3 is 1.59 bits per heavy atom. The molecular weight excluding hydrogens is 753 g/mol. The van der Waals surface area contributed by atoms with Crippen LogP contribution in [0.3, 0.4) is 0 Å². The number of benzene rings is 3. The van der Waals surface area contributed by atoms with Gasteiger partial charge in [0.1, 0.15) is 49.3 Å². The van der Waals surface area contributed by atoms with Crippen LogP contribution in [-0.4, -0.2) is 56.4 Å². The molecule has 0 unspecified atom stereocenters. The second kappa shape index (κ2) is 27.7. The van der Waals surface area contributed by atoms with Gasteiger partial charge < -0.3 is 23.8 Å². The van der Waals surface area contributed by atoms with Gasteiger partial charge in [-0.2, -0.15) is 10.2 Å². The fraction of sp³-hybridized carbons (Fsp3) is 0.467. The number of unbranched alkanes of at least 4 members (excludes halogenated alkanes) is 10. The predicted molar refractivity (Wildman–Crippen MR) is 231 cm³/mol. The molecule has 0 aromatic heterocycles. The molecule has 0 fully saturated rings. The highest BCUT2D eigenvalue weighted by Gasteiger charge is 2.15. The van der Waals surface area contributed by atoms with Gasteiger partial charge in [-0.1, -0.05) is 91.2 Å². The second-order valence-electron chi connectivity index (χ2n) is 13.9. The van der Waals surface area contributed by atoms with Crippen LogP contribution in [0, 0.1) is 17.0 Å². The van der Waals surface area contributed by atoms with Gasteiger partial charge in [0.2, 0.25) is 0 Å². The van der Waals surface area contributed by atoms with Gasteiger partial charge in [0.05, 0.1) is 16.3 Å². The summed E-state index contributed by atoms with van der Waals surface area (Å²) in [6, 6.07) is 14.9. The average molecular weight is 813 g/mol.